The second kappa shape index (κ2) is 6.19. The standard InChI is InChI=1S/C24H27N3/c1-23(2,3)20-15-25-14-17-11-10-16(12-19(17)20)13-24(4,5)22-18-8-6-7-9-21(18)26-27-22/h6-12,14-15H,13H2,1-5H3,(H,26,27). The van der Waals surface area contributed by atoms with Gasteiger partial charge in [-0.3, -0.25) is 10.1 Å². The van der Waals surface area contributed by atoms with Crippen LogP contribution in [0.25, 0.3) is 21.7 Å². The molecule has 0 spiro atoms. The molecule has 0 saturated heterocycles. The van der Waals surface area contributed by atoms with E-state index in [2.05, 4.69) is 86.2 Å². The zero-order valence-electron chi connectivity index (χ0n) is 16.8. The Morgan fingerprint density at radius 3 is 2.44 bits per heavy atom. The van der Waals surface area contributed by atoms with Crippen molar-refractivity contribution in [2.24, 2.45) is 0 Å². The third-order valence-electron chi connectivity index (χ3n) is 5.39. The molecule has 138 valence electrons. The van der Waals surface area contributed by atoms with Crippen molar-refractivity contribution in [1.29, 1.82) is 0 Å². The van der Waals surface area contributed by atoms with Crippen LogP contribution in [0.3, 0.4) is 0 Å². The molecular weight excluding hydrogens is 330 g/mol. The van der Waals surface area contributed by atoms with Crippen LogP contribution in [0, 0.1) is 0 Å². The Morgan fingerprint density at radius 2 is 1.67 bits per heavy atom. The van der Waals surface area contributed by atoms with E-state index < -0.39 is 0 Å². The van der Waals surface area contributed by atoms with Crippen LogP contribution in [0.5, 0.6) is 0 Å². The number of aromatic amines is 1. The van der Waals surface area contributed by atoms with Crippen molar-refractivity contribution in [3.63, 3.8) is 0 Å². The Balaban J connectivity index is 1.76. The lowest BCUT2D eigenvalue weighted by Gasteiger charge is -2.24. The molecule has 0 fully saturated rings. The molecule has 2 heterocycles. The molecule has 0 aliphatic carbocycles. The van der Waals surface area contributed by atoms with Crippen molar-refractivity contribution >= 4 is 21.7 Å². The third kappa shape index (κ3) is 3.23. The van der Waals surface area contributed by atoms with Gasteiger partial charge in [0.2, 0.25) is 0 Å². The van der Waals surface area contributed by atoms with Crippen LogP contribution in [0.15, 0.2) is 54.9 Å². The molecular formula is C24H27N3. The van der Waals surface area contributed by atoms with Gasteiger partial charge in [0.25, 0.3) is 0 Å². The van der Waals surface area contributed by atoms with Crippen LogP contribution in [0.2, 0.25) is 0 Å². The smallest absolute Gasteiger partial charge is 0.0760 e. The minimum atomic E-state index is -0.0673. The molecule has 0 aliphatic rings. The predicted molar refractivity (Wildman–Crippen MR) is 113 cm³/mol. The molecule has 0 amide bonds. The lowest BCUT2D eigenvalue weighted by molar-refractivity contribution is 0.508. The number of H-pyrrole nitrogens is 1. The van der Waals surface area contributed by atoms with E-state index in [0.29, 0.717) is 0 Å². The summed E-state index contributed by atoms with van der Waals surface area (Å²) < 4.78 is 0. The Labute approximate surface area is 160 Å². The molecule has 2 aromatic heterocycles. The molecule has 2 aromatic carbocycles. The van der Waals surface area contributed by atoms with Crippen molar-refractivity contribution < 1.29 is 0 Å². The Morgan fingerprint density at radius 1 is 0.889 bits per heavy atom. The van der Waals surface area contributed by atoms with Gasteiger partial charge in [-0.1, -0.05) is 71.0 Å². The number of rotatable bonds is 3. The van der Waals surface area contributed by atoms with Crippen molar-refractivity contribution in [2.45, 2.75) is 51.9 Å². The summed E-state index contributed by atoms with van der Waals surface area (Å²) in [5, 5.41) is 11.5. The molecule has 1 N–H and O–H groups in total. The Bertz CT molecular complexity index is 1110. The number of hydrogen-bond donors (Lipinski definition) is 1. The number of fused-ring (bicyclic) bond motifs is 2. The number of pyridine rings is 1. The summed E-state index contributed by atoms with van der Waals surface area (Å²) in [5.41, 5.74) is 4.85. The monoisotopic (exact) mass is 357 g/mol. The lowest BCUT2D eigenvalue weighted by Crippen LogP contribution is -2.21. The summed E-state index contributed by atoms with van der Waals surface area (Å²) in [6.45, 7) is 11.3. The number of para-hydroxylation sites is 1. The Kier molecular flexibility index (Phi) is 4.06. The summed E-state index contributed by atoms with van der Waals surface area (Å²) >= 11 is 0. The highest BCUT2D eigenvalue weighted by atomic mass is 15.1. The van der Waals surface area contributed by atoms with Crippen LogP contribution in [0.1, 0.15) is 51.4 Å². The lowest BCUT2D eigenvalue weighted by atomic mass is 9.80. The molecule has 0 radical (unpaired) electrons. The van der Waals surface area contributed by atoms with E-state index in [-0.39, 0.29) is 10.8 Å². The van der Waals surface area contributed by atoms with Gasteiger partial charge in [0.1, 0.15) is 0 Å². The van der Waals surface area contributed by atoms with Gasteiger partial charge in [-0.15, -0.1) is 0 Å². The van der Waals surface area contributed by atoms with Crippen LogP contribution in [-0.2, 0) is 17.3 Å². The maximum absolute atomic E-state index is 4.65. The zero-order chi connectivity index (χ0) is 19.2. The van der Waals surface area contributed by atoms with E-state index in [4.69, 9.17) is 0 Å². The highest BCUT2D eigenvalue weighted by molar-refractivity contribution is 5.86. The van der Waals surface area contributed by atoms with Gasteiger partial charge in [0.05, 0.1) is 11.2 Å². The highest BCUT2D eigenvalue weighted by Gasteiger charge is 2.27. The maximum Gasteiger partial charge on any atom is 0.0760 e. The molecule has 27 heavy (non-hydrogen) atoms. The van der Waals surface area contributed by atoms with Gasteiger partial charge in [-0.25, -0.2) is 0 Å². The number of aromatic nitrogens is 3. The highest BCUT2D eigenvalue weighted by Crippen LogP contribution is 2.34. The molecule has 3 nitrogen and oxygen atoms in total. The van der Waals surface area contributed by atoms with E-state index in [0.717, 1.165) is 17.6 Å². The minimum absolute atomic E-state index is 0.0673. The summed E-state index contributed by atoms with van der Waals surface area (Å²) in [6.07, 6.45) is 4.91. The van der Waals surface area contributed by atoms with Crippen LogP contribution < -0.4 is 0 Å². The summed E-state index contributed by atoms with van der Waals surface area (Å²) in [5.74, 6) is 0. The van der Waals surface area contributed by atoms with Gasteiger partial charge in [-0.05, 0) is 34.4 Å². The normalized spacial score (nSPS) is 12.8. The van der Waals surface area contributed by atoms with Crippen molar-refractivity contribution in [2.75, 3.05) is 0 Å². The molecule has 0 aliphatic heterocycles. The van der Waals surface area contributed by atoms with E-state index >= 15 is 0 Å². The average Bonchev–Trinajstić information content (AvgIpc) is 3.05. The van der Waals surface area contributed by atoms with Crippen LogP contribution >= 0.6 is 0 Å². The van der Waals surface area contributed by atoms with E-state index in [1.807, 2.05) is 18.5 Å². The minimum Gasteiger partial charge on any atom is -0.278 e. The van der Waals surface area contributed by atoms with Gasteiger partial charge in [0, 0.05) is 28.6 Å². The largest absolute Gasteiger partial charge is 0.278 e. The fraction of sp³-hybridized carbons (Fsp3) is 0.333. The molecule has 0 atom stereocenters. The van der Waals surface area contributed by atoms with Gasteiger partial charge >= 0.3 is 0 Å². The molecule has 0 unspecified atom stereocenters. The summed E-state index contributed by atoms with van der Waals surface area (Å²) in [6, 6.07) is 15.1. The number of hydrogen-bond acceptors (Lipinski definition) is 2. The third-order valence-corrected chi connectivity index (χ3v) is 5.39. The molecule has 4 rings (SSSR count). The quantitative estimate of drug-likeness (QED) is 0.494. The first kappa shape index (κ1) is 17.7. The molecule has 0 saturated carbocycles. The van der Waals surface area contributed by atoms with Gasteiger partial charge in [0.15, 0.2) is 0 Å². The van der Waals surface area contributed by atoms with E-state index in [1.54, 1.807) is 0 Å². The fourth-order valence-corrected chi connectivity index (χ4v) is 3.99. The predicted octanol–water partition coefficient (Wildman–Crippen LogP) is 5.93. The first-order valence-electron chi connectivity index (χ1n) is 9.56. The maximum atomic E-state index is 4.65. The van der Waals surface area contributed by atoms with Crippen molar-refractivity contribution in [3.8, 4) is 0 Å². The second-order valence-electron chi connectivity index (χ2n) is 9.17. The van der Waals surface area contributed by atoms with E-state index in [1.165, 1.54) is 27.3 Å². The van der Waals surface area contributed by atoms with Gasteiger partial charge < -0.3 is 0 Å². The molecule has 4 aromatic rings. The molecule has 0 bridgehead atoms. The fourth-order valence-electron chi connectivity index (χ4n) is 3.99. The first-order valence-corrected chi connectivity index (χ1v) is 9.56. The average molecular weight is 358 g/mol. The number of nitrogens with one attached hydrogen (secondary N) is 1. The summed E-state index contributed by atoms with van der Waals surface area (Å²) in [7, 11) is 0. The second-order valence-corrected chi connectivity index (χ2v) is 9.17. The topological polar surface area (TPSA) is 41.6 Å². The Hall–Kier alpha value is -2.68. The van der Waals surface area contributed by atoms with Crippen molar-refractivity contribution in [3.05, 3.63) is 71.7 Å². The van der Waals surface area contributed by atoms with Crippen molar-refractivity contribution in [1.82, 2.24) is 15.2 Å². The number of benzene rings is 2. The zero-order valence-corrected chi connectivity index (χ0v) is 16.8. The SMILES string of the molecule is CC(C)(C)c1cncc2ccc(CC(C)(C)c3n[nH]c4ccccc34)cc12. The van der Waals surface area contributed by atoms with Crippen LogP contribution in [0.4, 0.5) is 0 Å². The van der Waals surface area contributed by atoms with Crippen LogP contribution in [-0.4, -0.2) is 15.2 Å². The number of nitrogens with zero attached hydrogens (tertiary/aromatic N) is 2. The van der Waals surface area contributed by atoms with Gasteiger partial charge in [-0.2, -0.15) is 5.10 Å². The van der Waals surface area contributed by atoms with E-state index in [9.17, 15) is 0 Å². The first-order chi connectivity index (χ1) is 12.8. The summed E-state index contributed by atoms with van der Waals surface area (Å²) in [4.78, 5) is 4.44. The molecule has 3 heteroatoms.